The van der Waals surface area contributed by atoms with Gasteiger partial charge in [0.2, 0.25) is 5.91 Å². The van der Waals surface area contributed by atoms with Crippen molar-refractivity contribution >= 4 is 11.6 Å². The van der Waals surface area contributed by atoms with E-state index in [2.05, 4.69) is 5.32 Å². The van der Waals surface area contributed by atoms with Crippen molar-refractivity contribution in [3.05, 3.63) is 40.3 Å². The summed E-state index contributed by atoms with van der Waals surface area (Å²) in [5.41, 5.74) is -1.93. The van der Waals surface area contributed by atoms with Crippen LogP contribution in [-0.2, 0) is 11.0 Å². The molecule has 3 N–H and O–H groups in total. The first kappa shape index (κ1) is 13.9. The number of halogens is 3. The molecule has 1 aromatic heterocycles. The number of amides is 1. The van der Waals surface area contributed by atoms with Gasteiger partial charge in [-0.15, -0.1) is 0 Å². The van der Waals surface area contributed by atoms with Crippen LogP contribution in [0.3, 0.4) is 0 Å². The van der Waals surface area contributed by atoms with Crippen LogP contribution >= 0.6 is 0 Å². The van der Waals surface area contributed by atoms with Gasteiger partial charge in [0.25, 0.3) is 5.56 Å². The number of hydrogen-bond donors (Lipinski definition) is 3. The number of rotatable bonds is 2. The van der Waals surface area contributed by atoms with E-state index in [-0.39, 0.29) is 11.5 Å². The van der Waals surface area contributed by atoms with Crippen LogP contribution in [0.1, 0.15) is 12.6 Å². The van der Waals surface area contributed by atoms with Crippen molar-refractivity contribution in [2.75, 3.05) is 5.32 Å². The van der Waals surface area contributed by atoms with Crippen molar-refractivity contribution < 1.29 is 18.0 Å². The van der Waals surface area contributed by atoms with Gasteiger partial charge >= 0.3 is 6.18 Å². The highest BCUT2D eigenvalue weighted by Gasteiger charge is 2.37. The molecular weight excluding hydrogens is 275 g/mol. The molecular formula is C12H10F3N3O2. The number of carbonyl (C=O) groups excluding carboxylic acids is 1. The van der Waals surface area contributed by atoms with E-state index < -0.39 is 23.0 Å². The van der Waals surface area contributed by atoms with Crippen molar-refractivity contribution in [2.45, 2.75) is 13.1 Å². The van der Waals surface area contributed by atoms with Gasteiger partial charge in [-0.2, -0.15) is 13.2 Å². The number of H-pyrrole nitrogens is 2. The SMILES string of the molecule is CC(=O)Nc1ccc(-c2c(C(F)(F)F)[nH][nH]c2=O)cc1. The minimum absolute atomic E-state index is 0.105. The van der Waals surface area contributed by atoms with Crippen LogP contribution in [0.5, 0.6) is 0 Å². The van der Waals surface area contributed by atoms with E-state index in [1.54, 1.807) is 0 Å². The van der Waals surface area contributed by atoms with E-state index in [1.165, 1.54) is 31.2 Å². The summed E-state index contributed by atoms with van der Waals surface area (Å²) in [7, 11) is 0. The number of hydrogen-bond acceptors (Lipinski definition) is 2. The Balaban J connectivity index is 2.45. The largest absolute Gasteiger partial charge is 0.433 e. The van der Waals surface area contributed by atoms with Gasteiger partial charge in [0, 0.05) is 12.6 Å². The molecule has 0 bridgehead atoms. The second kappa shape index (κ2) is 4.87. The summed E-state index contributed by atoms with van der Waals surface area (Å²) in [5, 5.41) is 6.23. The maximum Gasteiger partial charge on any atom is 0.433 e. The number of carbonyl (C=O) groups is 1. The van der Waals surface area contributed by atoms with Gasteiger partial charge in [-0.25, -0.2) is 0 Å². The van der Waals surface area contributed by atoms with Gasteiger partial charge in [-0.05, 0) is 17.7 Å². The second-order valence-electron chi connectivity index (χ2n) is 4.09. The summed E-state index contributed by atoms with van der Waals surface area (Å²) >= 11 is 0. The molecule has 20 heavy (non-hydrogen) atoms. The maximum atomic E-state index is 12.8. The third kappa shape index (κ3) is 2.73. The van der Waals surface area contributed by atoms with Gasteiger partial charge in [0.05, 0.1) is 5.56 Å². The third-order valence-electron chi connectivity index (χ3n) is 2.56. The summed E-state index contributed by atoms with van der Waals surface area (Å²) in [6.45, 7) is 1.31. The molecule has 2 rings (SSSR count). The number of benzene rings is 1. The van der Waals surface area contributed by atoms with Crippen LogP contribution in [0.25, 0.3) is 11.1 Å². The van der Waals surface area contributed by atoms with Crippen LogP contribution in [-0.4, -0.2) is 16.1 Å². The maximum absolute atomic E-state index is 12.8. The molecule has 0 fully saturated rings. The lowest BCUT2D eigenvalue weighted by Gasteiger charge is -2.07. The first-order valence-electron chi connectivity index (χ1n) is 5.55. The molecule has 0 aliphatic rings. The summed E-state index contributed by atoms with van der Waals surface area (Å²) in [6.07, 6.45) is -4.66. The zero-order chi connectivity index (χ0) is 14.9. The van der Waals surface area contributed by atoms with Crippen molar-refractivity contribution in [2.24, 2.45) is 0 Å². The first-order chi connectivity index (χ1) is 9.29. The summed E-state index contributed by atoms with van der Waals surface area (Å²) < 4.78 is 38.3. The predicted molar refractivity (Wildman–Crippen MR) is 66.2 cm³/mol. The molecule has 0 unspecified atom stereocenters. The molecule has 8 heteroatoms. The minimum atomic E-state index is -4.66. The Kier molecular flexibility index (Phi) is 3.39. The molecule has 0 radical (unpaired) electrons. The molecule has 0 saturated carbocycles. The molecule has 5 nitrogen and oxygen atoms in total. The monoisotopic (exact) mass is 285 g/mol. The molecule has 1 aromatic carbocycles. The molecule has 1 amide bonds. The van der Waals surface area contributed by atoms with Gasteiger partial charge in [0.1, 0.15) is 5.69 Å². The molecule has 0 saturated heterocycles. The summed E-state index contributed by atoms with van der Waals surface area (Å²) in [5.74, 6) is -0.298. The highest BCUT2D eigenvalue weighted by molar-refractivity contribution is 5.89. The van der Waals surface area contributed by atoms with Crippen LogP contribution in [0.2, 0.25) is 0 Å². The number of nitrogens with one attached hydrogen (secondary N) is 3. The van der Waals surface area contributed by atoms with Gasteiger partial charge < -0.3 is 5.32 Å². The fourth-order valence-electron chi connectivity index (χ4n) is 1.77. The summed E-state index contributed by atoms with van der Waals surface area (Å²) in [4.78, 5) is 22.3. The lowest BCUT2D eigenvalue weighted by atomic mass is 10.1. The Bertz CT molecular complexity index is 683. The van der Waals surface area contributed by atoms with Gasteiger partial charge in [-0.1, -0.05) is 12.1 Å². The molecule has 2 aromatic rings. The third-order valence-corrected chi connectivity index (χ3v) is 2.56. The smallest absolute Gasteiger partial charge is 0.326 e. The number of aromatic nitrogens is 2. The highest BCUT2D eigenvalue weighted by Crippen LogP contribution is 2.33. The fraction of sp³-hybridized carbons (Fsp3) is 0.167. The lowest BCUT2D eigenvalue weighted by Crippen LogP contribution is -2.10. The van der Waals surface area contributed by atoms with Crippen molar-refractivity contribution in [3.63, 3.8) is 0 Å². The zero-order valence-corrected chi connectivity index (χ0v) is 10.3. The Labute approximate surface area is 110 Å². The van der Waals surface area contributed by atoms with Crippen molar-refractivity contribution in [3.8, 4) is 11.1 Å². The Hall–Kier alpha value is -2.51. The van der Waals surface area contributed by atoms with E-state index in [0.29, 0.717) is 5.69 Å². The lowest BCUT2D eigenvalue weighted by molar-refractivity contribution is -0.140. The minimum Gasteiger partial charge on any atom is -0.326 e. The fourth-order valence-corrected chi connectivity index (χ4v) is 1.77. The van der Waals surface area contributed by atoms with E-state index in [1.807, 2.05) is 10.2 Å². The van der Waals surface area contributed by atoms with Crippen LogP contribution in [0.15, 0.2) is 29.1 Å². The van der Waals surface area contributed by atoms with E-state index >= 15 is 0 Å². The average molecular weight is 285 g/mol. The number of alkyl halides is 3. The topological polar surface area (TPSA) is 77.8 Å². The standard InChI is InChI=1S/C12H10F3N3O2/c1-6(19)16-8-4-2-7(3-5-8)9-10(12(13,14)15)17-18-11(9)20/h2-5H,1H3,(H,16,19)(H2,17,18,20). The Morgan fingerprint density at radius 2 is 1.75 bits per heavy atom. The molecule has 0 atom stereocenters. The normalized spacial score (nSPS) is 11.4. The Morgan fingerprint density at radius 3 is 2.25 bits per heavy atom. The molecule has 0 spiro atoms. The average Bonchev–Trinajstić information content (AvgIpc) is 2.71. The van der Waals surface area contributed by atoms with Crippen LogP contribution in [0.4, 0.5) is 18.9 Å². The summed E-state index contributed by atoms with van der Waals surface area (Å²) in [6, 6.07) is 5.50. The predicted octanol–water partition coefficient (Wildman–Crippen LogP) is 2.35. The van der Waals surface area contributed by atoms with Crippen molar-refractivity contribution in [1.29, 1.82) is 0 Å². The zero-order valence-electron chi connectivity index (χ0n) is 10.3. The molecule has 106 valence electrons. The molecule has 0 aliphatic carbocycles. The van der Waals surface area contributed by atoms with E-state index in [4.69, 9.17) is 0 Å². The number of aromatic amines is 2. The van der Waals surface area contributed by atoms with Crippen LogP contribution in [0, 0.1) is 0 Å². The number of anilines is 1. The molecule has 0 aliphatic heterocycles. The second-order valence-corrected chi connectivity index (χ2v) is 4.09. The van der Waals surface area contributed by atoms with E-state index in [0.717, 1.165) is 0 Å². The van der Waals surface area contributed by atoms with Gasteiger partial charge in [-0.3, -0.25) is 19.8 Å². The van der Waals surface area contributed by atoms with Crippen molar-refractivity contribution in [1.82, 2.24) is 10.2 Å². The van der Waals surface area contributed by atoms with E-state index in [9.17, 15) is 22.8 Å². The quantitative estimate of drug-likeness (QED) is 0.792. The van der Waals surface area contributed by atoms with Crippen LogP contribution < -0.4 is 10.9 Å². The van der Waals surface area contributed by atoms with Gasteiger partial charge in [0.15, 0.2) is 0 Å². The first-order valence-corrected chi connectivity index (χ1v) is 5.55. The molecule has 1 heterocycles. The Morgan fingerprint density at radius 1 is 1.15 bits per heavy atom. The highest BCUT2D eigenvalue weighted by atomic mass is 19.4.